The number of thiazole rings is 1. The molecule has 6 nitrogen and oxygen atoms in total. The molecule has 3 heterocycles. The standard InChI is InChI=1S/C18H20N2O4S/c1-10-15(19-16(25-10)14-7-4-8-24-14)17(21)20-12-6-3-2-5-11(12)9-13(20)18(22)23/h4,7-8,11-13H,2-3,5-6,9H2,1H3,(H,22,23). The number of aliphatic carboxylic acids is 1. The van der Waals surface area contributed by atoms with Crippen molar-refractivity contribution in [1.29, 1.82) is 0 Å². The van der Waals surface area contributed by atoms with Crippen molar-refractivity contribution >= 4 is 23.2 Å². The Labute approximate surface area is 149 Å². The number of carbonyl (C=O) groups excluding carboxylic acids is 1. The molecule has 7 heteroatoms. The number of likely N-dealkylation sites (tertiary alicyclic amines) is 1. The van der Waals surface area contributed by atoms with Crippen LogP contribution in [0.3, 0.4) is 0 Å². The van der Waals surface area contributed by atoms with Crippen LogP contribution in [0.15, 0.2) is 22.8 Å². The van der Waals surface area contributed by atoms with Gasteiger partial charge in [0.1, 0.15) is 11.7 Å². The van der Waals surface area contributed by atoms with Gasteiger partial charge in [-0.1, -0.05) is 12.8 Å². The van der Waals surface area contributed by atoms with E-state index in [-0.39, 0.29) is 11.9 Å². The summed E-state index contributed by atoms with van der Waals surface area (Å²) in [5, 5.41) is 10.3. The first-order chi connectivity index (χ1) is 12.1. The van der Waals surface area contributed by atoms with Gasteiger partial charge in [-0.05, 0) is 44.2 Å². The molecule has 1 saturated heterocycles. The Bertz CT molecular complexity index is 798. The number of carbonyl (C=O) groups is 2. The van der Waals surface area contributed by atoms with E-state index in [1.165, 1.54) is 11.3 Å². The fourth-order valence-corrected chi connectivity index (χ4v) is 5.07. The number of fused-ring (bicyclic) bond motifs is 1. The van der Waals surface area contributed by atoms with Gasteiger partial charge in [-0.15, -0.1) is 11.3 Å². The molecule has 2 aromatic heterocycles. The van der Waals surface area contributed by atoms with Gasteiger partial charge in [0.2, 0.25) is 0 Å². The van der Waals surface area contributed by atoms with E-state index in [9.17, 15) is 14.7 Å². The zero-order chi connectivity index (χ0) is 17.6. The van der Waals surface area contributed by atoms with Crippen LogP contribution in [-0.2, 0) is 4.79 Å². The molecule has 1 aliphatic heterocycles. The Kier molecular flexibility index (Phi) is 4.11. The summed E-state index contributed by atoms with van der Waals surface area (Å²) in [6.07, 6.45) is 6.18. The van der Waals surface area contributed by atoms with E-state index in [1.807, 2.05) is 6.92 Å². The third kappa shape index (κ3) is 2.76. The number of nitrogens with zero attached hydrogens (tertiary/aromatic N) is 2. The first kappa shape index (κ1) is 16.3. The summed E-state index contributed by atoms with van der Waals surface area (Å²) in [5.41, 5.74) is 0.355. The highest BCUT2D eigenvalue weighted by atomic mass is 32.1. The molecule has 1 aliphatic carbocycles. The first-order valence-electron chi connectivity index (χ1n) is 8.63. The SMILES string of the molecule is Cc1sc(-c2ccco2)nc1C(=O)N1C(C(=O)O)CC2CCCCC21. The number of carboxylic acids is 1. The molecular formula is C18H20N2O4S. The van der Waals surface area contributed by atoms with Crippen LogP contribution in [0.2, 0.25) is 0 Å². The van der Waals surface area contributed by atoms with Gasteiger partial charge in [0, 0.05) is 10.9 Å². The van der Waals surface area contributed by atoms with Crippen LogP contribution in [0.5, 0.6) is 0 Å². The largest absolute Gasteiger partial charge is 0.480 e. The number of hydrogen-bond acceptors (Lipinski definition) is 5. The highest BCUT2D eigenvalue weighted by Crippen LogP contribution is 2.41. The molecule has 2 aromatic rings. The van der Waals surface area contributed by atoms with Gasteiger partial charge < -0.3 is 14.4 Å². The Morgan fingerprint density at radius 1 is 1.36 bits per heavy atom. The monoisotopic (exact) mass is 360 g/mol. The number of aromatic nitrogens is 1. The van der Waals surface area contributed by atoms with Crippen molar-refractivity contribution in [3.8, 4) is 10.8 Å². The number of aryl methyl sites for hydroxylation is 1. The highest BCUT2D eigenvalue weighted by molar-refractivity contribution is 7.15. The van der Waals surface area contributed by atoms with E-state index in [1.54, 1.807) is 23.3 Å². The Morgan fingerprint density at radius 3 is 2.88 bits per heavy atom. The van der Waals surface area contributed by atoms with E-state index in [0.717, 1.165) is 30.6 Å². The average molecular weight is 360 g/mol. The zero-order valence-electron chi connectivity index (χ0n) is 14.0. The molecule has 2 fully saturated rings. The summed E-state index contributed by atoms with van der Waals surface area (Å²) >= 11 is 1.40. The number of rotatable bonds is 3. The maximum absolute atomic E-state index is 13.2. The van der Waals surface area contributed by atoms with Gasteiger partial charge in [-0.2, -0.15) is 0 Å². The lowest BCUT2D eigenvalue weighted by Crippen LogP contribution is -2.46. The predicted molar refractivity (Wildman–Crippen MR) is 92.5 cm³/mol. The lowest BCUT2D eigenvalue weighted by Gasteiger charge is -2.32. The number of amides is 1. The molecule has 0 aromatic carbocycles. The molecule has 3 atom stereocenters. The molecule has 2 aliphatic rings. The van der Waals surface area contributed by atoms with Crippen LogP contribution >= 0.6 is 11.3 Å². The molecule has 132 valence electrons. The van der Waals surface area contributed by atoms with Crippen LogP contribution in [0, 0.1) is 12.8 Å². The topological polar surface area (TPSA) is 83.6 Å². The van der Waals surface area contributed by atoms with E-state index < -0.39 is 12.0 Å². The van der Waals surface area contributed by atoms with Crippen molar-refractivity contribution in [1.82, 2.24) is 9.88 Å². The maximum atomic E-state index is 13.2. The Morgan fingerprint density at radius 2 is 2.16 bits per heavy atom. The van der Waals surface area contributed by atoms with Crippen molar-refractivity contribution < 1.29 is 19.1 Å². The Hall–Kier alpha value is -2.15. The maximum Gasteiger partial charge on any atom is 0.326 e. The van der Waals surface area contributed by atoms with E-state index >= 15 is 0 Å². The predicted octanol–water partition coefficient (Wildman–Crippen LogP) is 3.57. The molecule has 4 rings (SSSR count). The van der Waals surface area contributed by atoms with Crippen molar-refractivity contribution in [3.63, 3.8) is 0 Å². The Balaban J connectivity index is 1.68. The zero-order valence-corrected chi connectivity index (χ0v) is 14.8. The smallest absolute Gasteiger partial charge is 0.326 e. The second kappa shape index (κ2) is 6.29. The third-order valence-electron chi connectivity index (χ3n) is 5.34. The number of furan rings is 1. The third-order valence-corrected chi connectivity index (χ3v) is 6.32. The summed E-state index contributed by atoms with van der Waals surface area (Å²) < 4.78 is 5.37. The quantitative estimate of drug-likeness (QED) is 0.905. The van der Waals surface area contributed by atoms with Crippen molar-refractivity contribution in [3.05, 3.63) is 29.0 Å². The van der Waals surface area contributed by atoms with Gasteiger partial charge in [0.25, 0.3) is 5.91 Å². The van der Waals surface area contributed by atoms with Crippen molar-refractivity contribution in [2.24, 2.45) is 5.92 Å². The summed E-state index contributed by atoms with van der Waals surface area (Å²) in [4.78, 5) is 31.8. The van der Waals surface area contributed by atoms with Crippen LogP contribution in [-0.4, -0.2) is 39.0 Å². The highest BCUT2D eigenvalue weighted by Gasteiger charge is 2.48. The average Bonchev–Trinajstić information content (AvgIpc) is 3.31. The molecule has 1 N–H and O–H groups in total. The molecule has 0 radical (unpaired) electrons. The summed E-state index contributed by atoms with van der Waals surface area (Å²) in [6, 6.07) is 2.87. The first-order valence-corrected chi connectivity index (χ1v) is 9.44. The second-order valence-corrected chi connectivity index (χ2v) is 8.02. The van der Waals surface area contributed by atoms with Crippen LogP contribution in [0.25, 0.3) is 10.8 Å². The molecule has 0 bridgehead atoms. The van der Waals surface area contributed by atoms with E-state index in [4.69, 9.17) is 4.42 Å². The molecule has 0 spiro atoms. The molecular weight excluding hydrogens is 340 g/mol. The van der Waals surface area contributed by atoms with E-state index in [0.29, 0.717) is 28.8 Å². The minimum absolute atomic E-state index is 0.0236. The van der Waals surface area contributed by atoms with Crippen molar-refractivity contribution in [2.45, 2.75) is 51.1 Å². The minimum atomic E-state index is -0.915. The van der Waals surface area contributed by atoms with Crippen LogP contribution in [0.4, 0.5) is 0 Å². The second-order valence-electron chi connectivity index (χ2n) is 6.82. The molecule has 3 unspecified atom stereocenters. The molecule has 25 heavy (non-hydrogen) atoms. The van der Waals surface area contributed by atoms with Gasteiger partial charge in [0.05, 0.1) is 6.26 Å². The van der Waals surface area contributed by atoms with Gasteiger partial charge in [-0.3, -0.25) is 4.79 Å². The van der Waals surface area contributed by atoms with Gasteiger partial charge in [0.15, 0.2) is 10.8 Å². The van der Waals surface area contributed by atoms with Gasteiger partial charge in [-0.25, -0.2) is 9.78 Å². The normalized spacial score (nSPS) is 25.8. The summed E-state index contributed by atoms with van der Waals surface area (Å²) in [5.74, 6) is -0.253. The minimum Gasteiger partial charge on any atom is -0.480 e. The summed E-state index contributed by atoms with van der Waals surface area (Å²) in [6.45, 7) is 1.85. The summed E-state index contributed by atoms with van der Waals surface area (Å²) in [7, 11) is 0. The van der Waals surface area contributed by atoms with Crippen LogP contribution < -0.4 is 0 Å². The number of hydrogen-bond donors (Lipinski definition) is 1. The van der Waals surface area contributed by atoms with Gasteiger partial charge >= 0.3 is 5.97 Å². The molecule has 1 saturated carbocycles. The van der Waals surface area contributed by atoms with E-state index in [2.05, 4.69) is 4.98 Å². The lowest BCUT2D eigenvalue weighted by atomic mass is 9.84. The molecule has 1 amide bonds. The van der Waals surface area contributed by atoms with Crippen LogP contribution in [0.1, 0.15) is 47.5 Å². The lowest BCUT2D eigenvalue weighted by molar-refractivity contribution is -0.141. The van der Waals surface area contributed by atoms with Crippen molar-refractivity contribution in [2.75, 3.05) is 0 Å². The fraction of sp³-hybridized carbons (Fsp3) is 0.500. The number of carboxylic acid groups (broad SMARTS) is 1. The fourth-order valence-electron chi connectivity index (χ4n) is 4.20.